The van der Waals surface area contributed by atoms with Gasteiger partial charge in [-0.1, -0.05) is 0 Å². The van der Waals surface area contributed by atoms with Gasteiger partial charge >= 0.3 is 0 Å². The molecular weight excluding hydrogens is 276 g/mol. The fourth-order valence-corrected chi connectivity index (χ4v) is 3.83. The van der Waals surface area contributed by atoms with Crippen LogP contribution in [-0.2, 0) is 14.8 Å². The van der Waals surface area contributed by atoms with E-state index < -0.39 is 10.0 Å². The van der Waals surface area contributed by atoms with Crippen LogP contribution in [0.2, 0.25) is 0 Å². The average Bonchev–Trinajstić information content (AvgIpc) is 2.85. The molecule has 0 aliphatic carbocycles. The van der Waals surface area contributed by atoms with Gasteiger partial charge in [-0.2, -0.15) is 0 Å². The first-order valence-electron chi connectivity index (χ1n) is 5.39. The maximum Gasteiger partial charge on any atom is 0.252 e. The molecule has 1 aliphatic rings. The predicted octanol–water partition coefficient (Wildman–Crippen LogP) is 0.223. The second-order valence-corrected chi connectivity index (χ2v) is 6.78. The molecule has 1 fully saturated rings. The minimum Gasteiger partial charge on any atom is -0.379 e. The van der Waals surface area contributed by atoms with Crippen molar-refractivity contribution < 1.29 is 17.9 Å². The first-order valence-corrected chi connectivity index (χ1v) is 7.81. The smallest absolute Gasteiger partial charge is 0.252 e. The van der Waals surface area contributed by atoms with Crippen molar-refractivity contribution in [2.45, 2.75) is 23.6 Å². The third-order valence-electron chi connectivity index (χ3n) is 2.76. The van der Waals surface area contributed by atoms with Gasteiger partial charge in [0.2, 0.25) is 10.0 Å². The third kappa shape index (κ3) is 2.72. The molecule has 1 aliphatic heterocycles. The zero-order valence-electron chi connectivity index (χ0n) is 9.80. The van der Waals surface area contributed by atoms with Gasteiger partial charge in [0.05, 0.1) is 18.2 Å². The minimum atomic E-state index is -3.76. The number of ether oxygens (including phenoxy) is 1. The molecule has 1 aromatic rings. The van der Waals surface area contributed by atoms with Crippen molar-refractivity contribution in [2.75, 3.05) is 13.2 Å². The van der Waals surface area contributed by atoms with Crippen LogP contribution in [-0.4, -0.2) is 33.6 Å². The highest BCUT2D eigenvalue weighted by atomic mass is 32.2. The number of nitrogens with one attached hydrogen (secondary N) is 1. The number of thiophene rings is 1. The Hall–Kier alpha value is -0.960. The second-order valence-electron chi connectivity index (χ2n) is 4.14. The van der Waals surface area contributed by atoms with E-state index in [1.807, 2.05) is 0 Å². The molecule has 8 heteroatoms. The van der Waals surface area contributed by atoms with E-state index in [-0.39, 0.29) is 16.2 Å². The van der Waals surface area contributed by atoms with Crippen molar-refractivity contribution in [1.82, 2.24) is 5.32 Å². The highest BCUT2D eigenvalue weighted by Crippen LogP contribution is 2.25. The van der Waals surface area contributed by atoms with E-state index >= 15 is 0 Å². The summed E-state index contributed by atoms with van der Waals surface area (Å²) in [5.41, 5.74) is 0.759. The van der Waals surface area contributed by atoms with Gasteiger partial charge in [0, 0.05) is 12.0 Å². The third-order valence-corrected chi connectivity index (χ3v) is 5.44. The Balaban J connectivity index is 2.18. The van der Waals surface area contributed by atoms with E-state index in [0.29, 0.717) is 24.3 Å². The van der Waals surface area contributed by atoms with Gasteiger partial charge in [0.15, 0.2) is 0 Å². The fourth-order valence-electron chi connectivity index (χ4n) is 1.81. The summed E-state index contributed by atoms with van der Waals surface area (Å²) in [6.07, 6.45) is 0.775. The lowest BCUT2D eigenvalue weighted by atomic mass is 10.2. The Kier molecular flexibility index (Phi) is 3.71. The number of rotatable bonds is 3. The van der Waals surface area contributed by atoms with Gasteiger partial charge in [-0.05, 0) is 18.9 Å². The van der Waals surface area contributed by atoms with Crippen molar-refractivity contribution in [2.24, 2.45) is 5.14 Å². The highest BCUT2D eigenvalue weighted by molar-refractivity contribution is 7.91. The molecule has 3 N–H and O–H groups in total. The van der Waals surface area contributed by atoms with Gasteiger partial charge < -0.3 is 10.1 Å². The number of carbonyl (C=O) groups excluding carboxylic acids is 1. The van der Waals surface area contributed by atoms with Crippen molar-refractivity contribution >= 4 is 27.3 Å². The monoisotopic (exact) mass is 290 g/mol. The minimum absolute atomic E-state index is 0.00488. The fraction of sp³-hybridized carbons (Fsp3) is 0.500. The normalized spacial score (nSPS) is 20.0. The zero-order valence-corrected chi connectivity index (χ0v) is 11.4. The van der Waals surface area contributed by atoms with E-state index in [9.17, 15) is 13.2 Å². The summed E-state index contributed by atoms with van der Waals surface area (Å²) in [6.45, 7) is 2.71. The maximum atomic E-state index is 12.0. The van der Waals surface area contributed by atoms with Crippen LogP contribution in [0.4, 0.5) is 0 Å². The summed E-state index contributed by atoms with van der Waals surface area (Å²) >= 11 is 0.964. The van der Waals surface area contributed by atoms with Crippen molar-refractivity contribution in [1.29, 1.82) is 0 Å². The lowest BCUT2D eigenvalue weighted by molar-refractivity contribution is 0.0929. The van der Waals surface area contributed by atoms with Gasteiger partial charge in [0.25, 0.3) is 5.91 Å². The molecule has 1 aromatic heterocycles. The topological polar surface area (TPSA) is 98.5 Å². The quantitative estimate of drug-likeness (QED) is 0.832. The molecule has 2 heterocycles. The molecule has 18 heavy (non-hydrogen) atoms. The number of primary sulfonamides is 1. The SMILES string of the molecule is Cc1c(C(=O)NC2CCOC2)csc1S(N)(=O)=O. The van der Waals surface area contributed by atoms with Gasteiger partial charge in [-0.15, -0.1) is 11.3 Å². The van der Waals surface area contributed by atoms with E-state index in [0.717, 1.165) is 17.8 Å². The number of hydrogen-bond donors (Lipinski definition) is 2. The van der Waals surface area contributed by atoms with Crippen LogP contribution in [0, 0.1) is 6.92 Å². The Morgan fingerprint density at radius 2 is 2.33 bits per heavy atom. The number of amides is 1. The Morgan fingerprint density at radius 1 is 1.61 bits per heavy atom. The molecular formula is C10H14N2O4S2. The summed E-state index contributed by atoms with van der Waals surface area (Å²) < 4.78 is 27.7. The molecule has 100 valence electrons. The van der Waals surface area contributed by atoms with Crippen LogP contribution < -0.4 is 10.5 Å². The van der Waals surface area contributed by atoms with Crippen LogP contribution in [0.1, 0.15) is 22.3 Å². The first kappa shape index (κ1) is 13.5. The van der Waals surface area contributed by atoms with Crippen LogP contribution >= 0.6 is 11.3 Å². The van der Waals surface area contributed by atoms with Crippen LogP contribution in [0.3, 0.4) is 0 Å². The van der Waals surface area contributed by atoms with Crippen LogP contribution in [0.25, 0.3) is 0 Å². The predicted molar refractivity (Wildman–Crippen MR) is 67.1 cm³/mol. The summed E-state index contributed by atoms with van der Waals surface area (Å²) in [5.74, 6) is -0.283. The summed E-state index contributed by atoms with van der Waals surface area (Å²) in [4.78, 5) is 12.0. The Bertz CT molecular complexity index is 558. The van der Waals surface area contributed by atoms with Crippen molar-refractivity contribution in [3.63, 3.8) is 0 Å². The van der Waals surface area contributed by atoms with E-state index in [4.69, 9.17) is 9.88 Å². The summed E-state index contributed by atoms with van der Waals surface area (Å²) in [6, 6.07) is -0.00488. The van der Waals surface area contributed by atoms with Crippen LogP contribution in [0.15, 0.2) is 9.59 Å². The number of carbonyl (C=O) groups is 1. The molecule has 0 spiro atoms. The van der Waals surface area contributed by atoms with Gasteiger partial charge in [-0.3, -0.25) is 4.79 Å². The molecule has 0 aromatic carbocycles. The van der Waals surface area contributed by atoms with E-state index in [1.165, 1.54) is 5.38 Å². The van der Waals surface area contributed by atoms with Gasteiger partial charge in [-0.25, -0.2) is 13.6 Å². The standard InChI is InChI=1S/C10H14N2O4S2/c1-6-8(5-17-10(6)18(11,14)15)9(13)12-7-2-3-16-4-7/h5,7H,2-4H2,1H3,(H,12,13)(H2,11,14,15). The van der Waals surface area contributed by atoms with E-state index in [2.05, 4.69) is 5.32 Å². The zero-order chi connectivity index (χ0) is 13.3. The second kappa shape index (κ2) is 4.96. The lowest BCUT2D eigenvalue weighted by Gasteiger charge is -2.10. The summed E-state index contributed by atoms with van der Waals surface area (Å²) in [7, 11) is -3.76. The number of sulfonamides is 1. The van der Waals surface area contributed by atoms with Crippen molar-refractivity contribution in [3.8, 4) is 0 Å². The molecule has 1 unspecified atom stereocenters. The largest absolute Gasteiger partial charge is 0.379 e. The van der Waals surface area contributed by atoms with E-state index in [1.54, 1.807) is 6.92 Å². The molecule has 0 saturated carbocycles. The molecule has 0 radical (unpaired) electrons. The highest BCUT2D eigenvalue weighted by Gasteiger charge is 2.23. The first-order chi connectivity index (χ1) is 8.39. The molecule has 6 nitrogen and oxygen atoms in total. The molecule has 1 saturated heterocycles. The number of hydrogen-bond acceptors (Lipinski definition) is 5. The lowest BCUT2D eigenvalue weighted by Crippen LogP contribution is -2.35. The maximum absolute atomic E-state index is 12.0. The Morgan fingerprint density at radius 3 is 2.83 bits per heavy atom. The molecule has 1 atom stereocenters. The average molecular weight is 290 g/mol. The van der Waals surface area contributed by atoms with Crippen LogP contribution in [0.5, 0.6) is 0 Å². The molecule has 2 rings (SSSR count). The molecule has 0 bridgehead atoms. The summed E-state index contributed by atoms with van der Waals surface area (Å²) in [5, 5.41) is 9.39. The van der Waals surface area contributed by atoms with Gasteiger partial charge in [0.1, 0.15) is 4.21 Å². The number of nitrogens with two attached hydrogens (primary N) is 1. The van der Waals surface area contributed by atoms with Crippen molar-refractivity contribution in [3.05, 3.63) is 16.5 Å². The molecule has 1 amide bonds. The Labute approximate surface area is 109 Å².